The first-order valence-corrected chi connectivity index (χ1v) is 7.61. The zero-order chi connectivity index (χ0) is 11.8. The van der Waals surface area contributed by atoms with Gasteiger partial charge in [-0.05, 0) is 40.9 Å². The topological polar surface area (TPSA) is 46.2 Å². The minimum atomic E-state index is -3.43. The van der Waals surface area contributed by atoms with E-state index in [1.54, 1.807) is 24.3 Å². The second-order valence-corrected chi connectivity index (χ2v) is 6.97. The van der Waals surface area contributed by atoms with Crippen molar-refractivity contribution >= 4 is 37.6 Å². The summed E-state index contributed by atoms with van der Waals surface area (Å²) in [4.78, 5) is 0.271. The van der Waals surface area contributed by atoms with Crippen molar-refractivity contribution in [2.75, 3.05) is 0 Å². The van der Waals surface area contributed by atoms with Crippen molar-refractivity contribution in [3.05, 3.63) is 28.7 Å². The van der Waals surface area contributed by atoms with Crippen LogP contribution in [0.2, 0.25) is 0 Å². The second kappa shape index (κ2) is 4.64. The van der Waals surface area contributed by atoms with Crippen molar-refractivity contribution in [3.63, 3.8) is 0 Å². The average Bonchev–Trinajstić information content (AvgIpc) is 2.15. The number of nitrogens with one attached hydrogen (secondary N) is 1. The standard InChI is InChI=1S/C10H11BrClNO2S/c11-9-3-1-2-4-10(9)16(14,15)13-8-5-7(12)6-8/h1-4,7-8,13H,5-6H2. The zero-order valence-electron chi connectivity index (χ0n) is 8.36. The zero-order valence-corrected chi connectivity index (χ0v) is 11.5. The maximum Gasteiger partial charge on any atom is 0.241 e. The van der Waals surface area contributed by atoms with Gasteiger partial charge in [0.2, 0.25) is 10.0 Å². The van der Waals surface area contributed by atoms with Gasteiger partial charge in [0.15, 0.2) is 0 Å². The van der Waals surface area contributed by atoms with Gasteiger partial charge in [0.05, 0.1) is 4.90 Å². The molecule has 3 nitrogen and oxygen atoms in total. The fourth-order valence-electron chi connectivity index (χ4n) is 1.59. The highest BCUT2D eigenvalue weighted by Crippen LogP contribution is 2.28. The Morgan fingerprint density at radius 2 is 1.94 bits per heavy atom. The molecule has 1 aromatic carbocycles. The Bertz CT molecular complexity index is 485. The summed E-state index contributed by atoms with van der Waals surface area (Å²) < 4.78 is 27.2. The van der Waals surface area contributed by atoms with E-state index in [0.29, 0.717) is 17.3 Å². The van der Waals surface area contributed by atoms with Crippen LogP contribution in [0, 0.1) is 0 Å². The third-order valence-corrected chi connectivity index (χ3v) is 5.42. The van der Waals surface area contributed by atoms with Crippen LogP contribution in [-0.2, 0) is 10.0 Å². The van der Waals surface area contributed by atoms with Crippen molar-refractivity contribution in [1.82, 2.24) is 4.72 Å². The van der Waals surface area contributed by atoms with Gasteiger partial charge in [-0.25, -0.2) is 13.1 Å². The molecule has 0 aromatic heterocycles. The minimum absolute atomic E-state index is 0.0281. The lowest BCUT2D eigenvalue weighted by atomic mass is 9.94. The maximum atomic E-state index is 12.0. The van der Waals surface area contributed by atoms with Crippen molar-refractivity contribution in [3.8, 4) is 0 Å². The number of hydrogen-bond acceptors (Lipinski definition) is 2. The van der Waals surface area contributed by atoms with Crippen LogP contribution in [0.3, 0.4) is 0 Å². The first-order valence-electron chi connectivity index (χ1n) is 4.90. The summed E-state index contributed by atoms with van der Waals surface area (Å²) in [5.41, 5.74) is 0. The molecule has 88 valence electrons. The SMILES string of the molecule is O=S(=O)(NC1CC(Cl)C1)c1ccccc1Br. The molecule has 0 radical (unpaired) electrons. The summed E-state index contributed by atoms with van der Waals surface area (Å²) in [6.45, 7) is 0. The van der Waals surface area contributed by atoms with Crippen molar-refractivity contribution in [2.45, 2.75) is 29.2 Å². The van der Waals surface area contributed by atoms with E-state index in [0.717, 1.165) is 0 Å². The molecule has 0 spiro atoms. The summed E-state index contributed by atoms with van der Waals surface area (Å²) >= 11 is 9.03. The largest absolute Gasteiger partial charge is 0.241 e. The summed E-state index contributed by atoms with van der Waals surface area (Å²) in [6, 6.07) is 6.73. The number of rotatable bonds is 3. The number of sulfonamides is 1. The highest BCUT2D eigenvalue weighted by Gasteiger charge is 2.31. The summed E-state index contributed by atoms with van der Waals surface area (Å²) in [5.74, 6) is 0. The third-order valence-electron chi connectivity index (χ3n) is 2.53. The summed E-state index contributed by atoms with van der Waals surface area (Å²) in [7, 11) is -3.43. The van der Waals surface area contributed by atoms with Gasteiger partial charge >= 0.3 is 0 Å². The molecule has 6 heteroatoms. The van der Waals surface area contributed by atoms with Gasteiger partial charge in [-0.1, -0.05) is 12.1 Å². The van der Waals surface area contributed by atoms with Gasteiger partial charge in [0.25, 0.3) is 0 Å². The first kappa shape index (κ1) is 12.4. The first-order chi connectivity index (χ1) is 7.49. The minimum Gasteiger partial charge on any atom is -0.208 e. The maximum absolute atomic E-state index is 12.0. The van der Waals surface area contributed by atoms with Crippen LogP contribution < -0.4 is 4.72 Å². The van der Waals surface area contributed by atoms with Gasteiger partial charge in [-0.3, -0.25) is 0 Å². The van der Waals surface area contributed by atoms with Crippen molar-refractivity contribution in [1.29, 1.82) is 0 Å². The highest BCUT2D eigenvalue weighted by atomic mass is 79.9. The Labute approximate surface area is 108 Å². The molecule has 1 N–H and O–H groups in total. The predicted molar refractivity (Wildman–Crippen MR) is 67.1 cm³/mol. The van der Waals surface area contributed by atoms with Gasteiger partial charge in [0.1, 0.15) is 0 Å². The van der Waals surface area contributed by atoms with Crippen LogP contribution in [0.4, 0.5) is 0 Å². The molecule has 0 heterocycles. The number of hydrogen-bond donors (Lipinski definition) is 1. The lowest BCUT2D eigenvalue weighted by molar-refractivity contribution is 0.391. The van der Waals surface area contributed by atoms with Crippen molar-refractivity contribution in [2.24, 2.45) is 0 Å². The van der Waals surface area contributed by atoms with E-state index in [4.69, 9.17) is 11.6 Å². The number of alkyl halides is 1. The lowest BCUT2D eigenvalue weighted by Crippen LogP contribution is -2.44. The monoisotopic (exact) mass is 323 g/mol. The van der Waals surface area contributed by atoms with E-state index < -0.39 is 10.0 Å². The van der Waals surface area contributed by atoms with Gasteiger partial charge in [-0.15, -0.1) is 11.6 Å². The second-order valence-electron chi connectivity index (χ2n) is 3.82. The van der Waals surface area contributed by atoms with E-state index in [-0.39, 0.29) is 16.3 Å². The van der Waals surface area contributed by atoms with Crippen molar-refractivity contribution < 1.29 is 8.42 Å². The average molecular weight is 325 g/mol. The molecule has 1 aliphatic rings. The Balaban J connectivity index is 2.16. The molecule has 1 aliphatic carbocycles. The van der Waals surface area contributed by atoms with Crippen LogP contribution >= 0.6 is 27.5 Å². The molecule has 0 atom stereocenters. The van der Waals surface area contributed by atoms with E-state index in [2.05, 4.69) is 20.7 Å². The predicted octanol–water partition coefficient (Wildman–Crippen LogP) is 2.50. The molecule has 1 fully saturated rings. The molecular weight excluding hydrogens is 314 g/mol. The van der Waals surface area contributed by atoms with Crippen LogP contribution in [0.25, 0.3) is 0 Å². The molecule has 16 heavy (non-hydrogen) atoms. The van der Waals surface area contributed by atoms with Gasteiger partial charge < -0.3 is 0 Å². The third kappa shape index (κ3) is 2.59. The molecule has 0 amide bonds. The Hall–Kier alpha value is -0.100. The highest BCUT2D eigenvalue weighted by molar-refractivity contribution is 9.10. The number of benzene rings is 1. The van der Waals surface area contributed by atoms with Crippen LogP contribution in [0.15, 0.2) is 33.6 Å². The summed E-state index contributed by atoms with van der Waals surface area (Å²) in [6.07, 6.45) is 1.40. The van der Waals surface area contributed by atoms with E-state index in [1.165, 1.54) is 0 Å². The molecule has 0 unspecified atom stereocenters. The lowest BCUT2D eigenvalue weighted by Gasteiger charge is -2.31. The number of halogens is 2. The van der Waals surface area contributed by atoms with Gasteiger partial charge in [0, 0.05) is 15.9 Å². The van der Waals surface area contributed by atoms with E-state index in [9.17, 15) is 8.42 Å². The van der Waals surface area contributed by atoms with Crippen LogP contribution in [0.1, 0.15) is 12.8 Å². The molecule has 0 saturated heterocycles. The quantitative estimate of drug-likeness (QED) is 0.868. The van der Waals surface area contributed by atoms with E-state index in [1.807, 2.05) is 0 Å². The normalized spacial score (nSPS) is 25.1. The fraction of sp³-hybridized carbons (Fsp3) is 0.400. The molecule has 1 aromatic rings. The Morgan fingerprint density at radius 1 is 1.31 bits per heavy atom. The fourth-order valence-corrected chi connectivity index (χ4v) is 4.29. The molecular formula is C10H11BrClNO2S. The molecule has 1 saturated carbocycles. The van der Waals surface area contributed by atoms with Crippen LogP contribution in [-0.4, -0.2) is 19.8 Å². The smallest absolute Gasteiger partial charge is 0.208 e. The van der Waals surface area contributed by atoms with Gasteiger partial charge in [-0.2, -0.15) is 0 Å². The van der Waals surface area contributed by atoms with Crippen LogP contribution in [0.5, 0.6) is 0 Å². The molecule has 2 rings (SSSR count). The molecule has 0 bridgehead atoms. The Morgan fingerprint density at radius 3 is 2.50 bits per heavy atom. The Kier molecular flexibility index (Phi) is 3.59. The van der Waals surface area contributed by atoms with E-state index >= 15 is 0 Å². The summed E-state index contributed by atoms with van der Waals surface area (Å²) in [5, 5.41) is 0.104. The molecule has 0 aliphatic heterocycles.